The van der Waals surface area contributed by atoms with Crippen LogP contribution in [0.1, 0.15) is 32.1 Å². The summed E-state index contributed by atoms with van der Waals surface area (Å²) in [5.41, 5.74) is 0. The SMILES string of the molecule is COCC(=O)N1CCN(C(=O)COC2CCCCC2)CC1. The molecule has 6 heteroatoms. The van der Waals surface area contributed by atoms with Crippen molar-refractivity contribution < 1.29 is 19.1 Å². The fourth-order valence-electron chi connectivity index (χ4n) is 2.93. The molecule has 1 saturated heterocycles. The molecular weight excluding hydrogens is 272 g/mol. The zero-order valence-corrected chi connectivity index (χ0v) is 12.9. The van der Waals surface area contributed by atoms with E-state index in [1.165, 1.54) is 26.4 Å². The van der Waals surface area contributed by atoms with Crippen molar-refractivity contribution in [1.82, 2.24) is 9.80 Å². The molecule has 21 heavy (non-hydrogen) atoms. The lowest BCUT2D eigenvalue weighted by atomic mass is 9.98. The molecule has 1 aliphatic carbocycles. The summed E-state index contributed by atoms with van der Waals surface area (Å²) < 4.78 is 10.6. The number of carbonyl (C=O) groups excluding carboxylic acids is 2. The molecule has 1 heterocycles. The number of piperazine rings is 1. The second-order valence-electron chi connectivity index (χ2n) is 5.77. The van der Waals surface area contributed by atoms with Crippen LogP contribution in [0.5, 0.6) is 0 Å². The zero-order chi connectivity index (χ0) is 15.1. The molecule has 0 N–H and O–H groups in total. The van der Waals surface area contributed by atoms with Crippen molar-refractivity contribution in [3.05, 3.63) is 0 Å². The summed E-state index contributed by atoms with van der Waals surface area (Å²) >= 11 is 0. The minimum Gasteiger partial charge on any atom is -0.375 e. The van der Waals surface area contributed by atoms with E-state index < -0.39 is 0 Å². The molecule has 0 aromatic carbocycles. The average Bonchev–Trinajstić information content (AvgIpc) is 2.54. The van der Waals surface area contributed by atoms with Gasteiger partial charge in [-0.15, -0.1) is 0 Å². The molecule has 2 aliphatic rings. The molecule has 0 radical (unpaired) electrons. The number of hydrogen-bond donors (Lipinski definition) is 0. The highest BCUT2D eigenvalue weighted by atomic mass is 16.5. The highest BCUT2D eigenvalue weighted by molar-refractivity contribution is 5.79. The van der Waals surface area contributed by atoms with Crippen LogP contribution in [0.2, 0.25) is 0 Å². The Labute approximate surface area is 126 Å². The summed E-state index contributed by atoms with van der Waals surface area (Å²) in [6.45, 7) is 2.62. The number of methoxy groups -OCH3 is 1. The Kier molecular flexibility index (Phi) is 6.45. The van der Waals surface area contributed by atoms with E-state index in [1.54, 1.807) is 9.80 Å². The molecule has 0 bridgehead atoms. The number of ether oxygens (including phenoxy) is 2. The van der Waals surface area contributed by atoms with Crippen LogP contribution in [0.15, 0.2) is 0 Å². The molecule has 1 aliphatic heterocycles. The quantitative estimate of drug-likeness (QED) is 0.748. The van der Waals surface area contributed by atoms with Crippen LogP contribution >= 0.6 is 0 Å². The van der Waals surface area contributed by atoms with Crippen molar-refractivity contribution in [3.8, 4) is 0 Å². The first-order chi connectivity index (χ1) is 10.2. The Morgan fingerprint density at radius 3 is 1.95 bits per heavy atom. The predicted molar refractivity (Wildman–Crippen MR) is 77.9 cm³/mol. The number of hydrogen-bond acceptors (Lipinski definition) is 4. The molecule has 0 unspecified atom stereocenters. The van der Waals surface area contributed by atoms with Crippen LogP contribution < -0.4 is 0 Å². The lowest BCUT2D eigenvalue weighted by Gasteiger charge is -2.35. The van der Waals surface area contributed by atoms with E-state index in [2.05, 4.69) is 0 Å². The van der Waals surface area contributed by atoms with E-state index in [9.17, 15) is 9.59 Å². The van der Waals surface area contributed by atoms with Gasteiger partial charge in [0, 0.05) is 33.3 Å². The molecule has 6 nitrogen and oxygen atoms in total. The van der Waals surface area contributed by atoms with Crippen molar-refractivity contribution >= 4 is 11.8 Å². The van der Waals surface area contributed by atoms with E-state index in [-0.39, 0.29) is 31.1 Å². The van der Waals surface area contributed by atoms with Crippen LogP contribution in [0, 0.1) is 0 Å². The minimum atomic E-state index is -0.0111. The van der Waals surface area contributed by atoms with Gasteiger partial charge in [-0.1, -0.05) is 19.3 Å². The van der Waals surface area contributed by atoms with Gasteiger partial charge in [-0.05, 0) is 12.8 Å². The van der Waals surface area contributed by atoms with E-state index >= 15 is 0 Å². The second kappa shape index (κ2) is 8.34. The highest BCUT2D eigenvalue weighted by Gasteiger charge is 2.24. The molecule has 2 fully saturated rings. The minimum absolute atomic E-state index is 0.0111. The smallest absolute Gasteiger partial charge is 0.248 e. The van der Waals surface area contributed by atoms with Crippen LogP contribution in [-0.2, 0) is 19.1 Å². The Bertz CT molecular complexity index is 348. The number of amides is 2. The molecule has 2 amide bonds. The van der Waals surface area contributed by atoms with Gasteiger partial charge >= 0.3 is 0 Å². The standard InChI is InChI=1S/C15H26N2O4/c1-20-11-14(18)16-7-9-17(10-8-16)15(19)12-21-13-5-3-2-4-6-13/h13H,2-12H2,1H3. The number of rotatable bonds is 5. The lowest BCUT2D eigenvalue weighted by Crippen LogP contribution is -2.52. The lowest BCUT2D eigenvalue weighted by molar-refractivity contribution is -0.145. The first kappa shape index (κ1) is 16.2. The molecule has 0 spiro atoms. The first-order valence-corrected chi connectivity index (χ1v) is 7.87. The first-order valence-electron chi connectivity index (χ1n) is 7.87. The third-order valence-electron chi connectivity index (χ3n) is 4.25. The van der Waals surface area contributed by atoms with Crippen LogP contribution in [0.25, 0.3) is 0 Å². The summed E-state index contributed by atoms with van der Waals surface area (Å²) in [6, 6.07) is 0. The van der Waals surface area contributed by atoms with Gasteiger partial charge in [-0.25, -0.2) is 0 Å². The largest absolute Gasteiger partial charge is 0.375 e. The summed E-state index contributed by atoms with van der Waals surface area (Å²) in [5, 5.41) is 0. The molecular formula is C15H26N2O4. The van der Waals surface area contributed by atoms with Crippen molar-refractivity contribution in [1.29, 1.82) is 0 Å². The van der Waals surface area contributed by atoms with Crippen molar-refractivity contribution in [2.45, 2.75) is 38.2 Å². The fraction of sp³-hybridized carbons (Fsp3) is 0.867. The summed E-state index contributed by atoms with van der Waals surface area (Å²) in [5.74, 6) is 0.0301. The second-order valence-corrected chi connectivity index (χ2v) is 5.77. The zero-order valence-electron chi connectivity index (χ0n) is 12.9. The van der Waals surface area contributed by atoms with Gasteiger partial charge in [0.25, 0.3) is 0 Å². The van der Waals surface area contributed by atoms with Gasteiger partial charge < -0.3 is 19.3 Å². The van der Waals surface area contributed by atoms with E-state index in [1.807, 2.05) is 0 Å². The molecule has 0 aromatic rings. The van der Waals surface area contributed by atoms with Crippen LogP contribution in [0.3, 0.4) is 0 Å². The topological polar surface area (TPSA) is 59.1 Å². The summed E-state index contributed by atoms with van der Waals surface area (Å²) in [6.07, 6.45) is 6.11. The van der Waals surface area contributed by atoms with Gasteiger partial charge in [0.2, 0.25) is 11.8 Å². The average molecular weight is 298 g/mol. The van der Waals surface area contributed by atoms with Crippen LogP contribution in [0.4, 0.5) is 0 Å². The molecule has 2 rings (SSSR count). The molecule has 1 saturated carbocycles. The van der Waals surface area contributed by atoms with E-state index in [0.29, 0.717) is 26.2 Å². The van der Waals surface area contributed by atoms with Gasteiger partial charge in [-0.2, -0.15) is 0 Å². The van der Waals surface area contributed by atoms with E-state index in [0.717, 1.165) is 12.8 Å². The third-order valence-corrected chi connectivity index (χ3v) is 4.25. The van der Waals surface area contributed by atoms with Crippen LogP contribution in [-0.4, -0.2) is 74.2 Å². The Hall–Kier alpha value is -1.14. The number of carbonyl (C=O) groups is 2. The number of nitrogens with zero attached hydrogens (tertiary/aromatic N) is 2. The third kappa shape index (κ3) is 4.97. The van der Waals surface area contributed by atoms with Gasteiger partial charge in [0.1, 0.15) is 13.2 Å². The maximum Gasteiger partial charge on any atom is 0.248 e. The summed E-state index contributed by atoms with van der Waals surface area (Å²) in [4.78, 5) is 27.3. The maximum atomic E-state index is 12.1. The Morgan fingerprint density at radius 2 is 1.43 bits per heavy atom. The highest BCUT2D eigenvalue weighted by Crippen LogP contribution is 2.20. The van der Waals surface area contributed by atoms with E-state index in [4.69, 9.17) is 9.47 Å². The molecule has 0 aromatic heterocycles. The van der Waals surface area contributed by atoms with Gasteiger partial charge in [0.15, 0.2) is 0 Å². The normalized spacial score (nSPS) is 20.6. The summed E-state index contributed by atoms with van der Waals surface area (Å²) in [7, 11) is 1.51. The van der Waals surface area contributed by atoms with Gasteiger partial charge in [-0.3, -0.25) is 9.59 Å². The predicted octanol–water partition coefficient (Wildman–Crippen LogP) is 0.653. The Balaban J connectivity index is 1.66. The molecule has 0 atom stereocenters. The van der Waals surface area contributed by atoms with Crippen molar-refractivity contribution in [2.24, 2.45) is 0 Å². The Morgan fingerprint density at radius 1 is 0.905 bits per heavy atom. The fourth-order valence-corrected chi connectivity index (χ4v) is 2.93. The monoisotopic (exact) mass is 298 g/mol. The van der Waals surface area contributed by atoms with Crippen molar-refractivity contribution in [2.75, 3.05) is 46.5 Å². The van der Waals surface area contributed by atoms with Crippen molar-refractivity contribution in [3.63, 3.8) is 0 Å². The van der Waals surface area contributed by atoms with Gasteiger partial charge in [0.05, 0.1) is 6.10 Å². The molecule has 120 valence electrons. The maximum absolute atomic E-state index is 12.1.